The van der Waals surface area contributed by atoms with Gasteiger partial charge < -0.3 is 8.83 Å². The number of hydrogen-bond acceptors (Lipinski definition) is 10. The van der Waals surface area contributed by atoms with Crippen LogP contribution in [0.1, 0.15) is 0 Å². The molecule has 24 rings (SSSR count). The van der Waals surface area contributed by atoms with Crippen LogP contribution in [-0.4, -0.2) is 29.9 Å². The monoisotopic (exact) mass is 1620 g/mol. The number of para-hydroxylation sites is 4. The highest BCUT2D eigenvalue weighted by Crippen LogP contribution is 2.47. The molecule has 0 aliphatic rings. The molecule has 0 saturated heterocycles. The molecule has 0 spiro atoms. The van der Waals surface area contributed by atoms with Crippen LogP contribution in [-0.2, 0) is 0 Å². The predicted octanol–water partition coefficient (Wildman–Crippen LogP) is 31.6. The number of furan rings is 2. The molecule has 580 valence electrons. The minimum Gasteiger partial charge on any atom is -0.455 e. The van der Waals surface area contributed by atoms with E-state index in [1.807, 2.05) is 144 Å². The number of fused-ring (bicyclic) bond motifs is 12. The van der Waals surface area contributed by atoms with Crippen molar-refractivity contribution in [2.45, 2.75) is 0 Å². The van der Waals surface area contributed by atoms with E-state index < -0.39 is 0 Å². The fourth-order valence-corrected chi connectivity index (χ4v) is 19.9. The Morgan fingerprint density at radius 3 is 0.718 bits per heavy atom. The van der Waals surface area contributed by atoms with Crippen molar-refractivity contribution >= 4 is 107 Å². The van der Waals surface area contributed by atoms with Gasteiger partial charge in [-0.25, -0.2) is 29.9 Å². The van der Waals surface area contributed by atoms with Gasteiger partial charge in [0.25, 0.3) is 0 Å². The molecule has 10 heteroatoms. The second kappa shape index (κ2) is 31.3. The zero-order valence-corrected chi connectivity index (χ0v) is 68.4. The maximum atomic E-state index is 6.50. The fourth-order valence-electron chi connectivity index (χ4n) is 17.4. The summed E-state index contributed by atoms with van der Waals surface area (Å²) in [6, 6.07) is 149. The zero-order valence-electron chi connectivity index (χ0n) is 66.7. The van der Waals surface area contributed by atoms with Crippen LogP contribution in [0.2, 0.25) is 0 Å². The summed E-state index contributed by atoms with van der Waals surface area (Å²) < 4.78 is 18.2. The highest BCUT2D eigenvalue weighted by molar-refractivity contribution is 7.26. The highest BCUT2D eigenvalue weighted by atomic mass is 32.1. The highest BCUT2D eigenvalue weighted by Gasteiger charge is 2.23. The smallest absolute Gasteiger partial charge is 0.164 e. The van der Waals surface area contributed by atoms with Gasteiger partial charge in [-0.3, -0.25) is 0 Å². The van der Waals surface area contributed by atoms with Crippen molar-refractivity contribution in [3.8, 4) is 157 Å². The first kappa shape index (κ1) is 73.2. The molecule has 0 aliphatic carbocycles. The lowest BCUT2D eigenvalue weighted by atomic mass is 9.92. The summed E-state index contributed by atoms with van der Waals surface area (Å²) in [5.41, 5.74) is 26.7. The largest absolute Gasteiger partial charge is 0.455 e. The third-order valence-electron chi connectivity index (χ3n) is 23.4. The van der Waals surface area contributed by atoms with Crippen LogP contribution in [0.15, 0.2) is 433 Å². The minimum atomic E-state index is 0.590. The van der Waals surface area contributed by atoms with Gasteiger partial charge in [-0.15, -0.1) is 22.7 Å². The van der Waals surface area contributed by atoms with E-state index in [1.165, 1.54) is 62.6 Å². The molecule has 0 unspecified atom stereocenters. The molecule has 0 amide bonds. The third kappa shape index (κ3) is 13.7. The SMILES string of the molecule is c1ccc(-c2nc(-c3ccccc3)nc(-c3cc(-c4cccc(-c5cccc6c5oc5ccccc56)c4)cc(-c4cccc(-c5cccc6c5oc5ccccc56)c4)c3)n2)cc1.c1ccc(-c2nc(-c3ccccc3)nc(-c3cc(-c4cccc(-c5cccc6c5sc5ccccc56)c4)cc(-c4cccc(-c5cccc6c5sc5ccccc56)c4)c3)n2)cc1. The topological polar surface area (TPSA) is 104 Å². The van der Waals surface area contributed by atoms with Gasteiger partial charge in [0.15, 0.2) is 34.9 Å². The Balaban J connectivity index is 0.000000143. The van der Waals surface area contributed by atoms with Crippen LogP contribution >= 0.6 is 22.7 Å². The lowest BCUT2D eigenvalue weighted by Crippen LogP contribution is -2.00. The van der Waals surface area contributed by atoms with E-state index in [1.54, 1.807) is 0 Å². The number of nitrogens with zero attached hydrogens (tertiary/aromatic N) is 6. The lowest BCUT2D eigenvalue weighted by Gasteiger charge is -2.14. The van der Waals surface area contributed by atoms with E-state index in [2.05, 4.69) is 303 Å². The predicted molar refractivity (Wildman–Crippen MR) is 516 cm³/mol. The molecule has 0 atom stereocenters. The molecule has 6 heterocycles. The standard InChI is InChI=1S/C57H35N3O2.C57H35N3S2/c2*1-3-15-36(16-4-1)55-58-56(37-17-5-2-6-18-37)60-57(59-55)44-34-42(38-19-11-21-40(31-38)45-25-13-27-49-47-23-7-9-29-51(47)61-53(45)49)33-43(35-44)39-20-12-22-41(32-39)46-26-14-28-50-48-24-8-10-30-52(48)62-54(46)50/h2*1-35H. The quantitative estimate of drug-likeness (QED) is 0.106. The van der Waals surface area contributed by atoms with Crippen molar-refractivity contribution in [1.29, 1.82) is 0 Å². The van der Waals surface area contributed by atoms with Gasteiger partial charge in [0.05, 0.1) is 0 Å². The Morgan fingerprint density at radius 2 is 0.379 bits per heavy atom. The van der Waals surface area contributed by atoms with Gasteiger partial charge in [-0.2, -0.15) is 0 Å². The molecule has 0 bridgehead atoms. The molecule has 124 heavy (non-hydrogen) atoms. The van der Waals surface area contributed by atoms with Crippen LogP contribution < -0.4 is 0 Å². The zero-order chi connectivity index (χ0) is 82.0. The van der Waals surface area contributed by atoms with Crippen LogP contribution in [0, 0.1) is 0 Å². The first-order valence-corrected chi connectivity index (χ1v) is 43.1. The van der Waals surface area contributed by atoms with Crippen LogP contribution in [0.3, 0.4) is 0 Å². The molecule has 24 aromatic rings. The van der Waals surface area contributed by atoms with Crippen molar-refractivity contribution in [1.82, 2.24) is 29.9 Å². The fraction of sp³-hybridized carbons (Fsp3) is 0. The molecule has 0 aliphatic heterocycles. The molecule has 0 fully saturated rings. The Hall–Kier alpha value is -16.0. The van der Waals surface area contributed by atoms with Gasteiger partial charge in [-0.1, -0.05) is 340 Å². The molecule has 0 N–H and O–H groups in total. The summed E-state index contributed by atoms with van der Waals surface area (Å²) >= 11 is 3.73. The second-order valence-corrected chi connectivity index (χ2v) is 33.2. The van der Waals surface area contributed by atoms with E-state index in [0.29, 0.717) is 34.9 Å². The number of rotatable bonds is 14. The number of hydrogen-bond donors (Lipinski definition) is 0. The number of thiophene rings is 2. The first-order chi connectivity index (χ1) is 61.4. The van der Waals surface area contributed by atoms with Gasteiger partial charge in [-0.05, 0) is 163 Å². The van der Waals surface area contributed by atoms with E-state index in [9.17, 15) is 0 Å². The van der Waals surface area contributed by atoms with Crippen molar-refractivity contribution in [3.05, 3.63) is 425 Å². The summed E-state index contributed by atoms with van der Waals surface area (Å²) in [4.78, 5) is 30.7. The van der Waals surface area contributed by atoms with Crippen LogP contribution in [0.4, 0.5) is 0 Å². The average Bonchev–Trinajstić information content (AvgIpc) is 1.72. The average molecular weight is 1620 g/mol. The van der Waals surface area contributed by atoms with Gasteiger partial charge in [0.1, 0.15) is 22.3 Å². The maximum Gasteiger partial charge on any atom is 0.164 e. The normalized spacial score (nSPS) is 11.5. The molecule has 18 aromatic carbocycles. The van der Waals surface area contributed by atoms with Crippen LogP contribution in [0.25, 0.3) is 242 Å². The Bertz CT molecular complexity index is 7310. The summed E-state index contributed by atoms with van der Waals surface area (Å²) in [7, 11) is 0. The molecular weight excluding hydrogens is 1550 g/mol. The van der Waals surface area contributed by atoms with Crippen molar-refractivity contribution in [2.24, 2.45) is 0 Å². The second-order valence-electron chi connectivity index (χ2n) is 31.1. The molecule has 0 saturated carbocycles. The molecule has 0 radical (unpaired) electrons. The van der Waals surface area contributed by atoms with E-state index in [4.69, 9.17) is 38.7 Å². The maximum absolute atomic E-state index is 6.50. The van der Waals surface area contributed by atoms with Gasteiger partial charge in [0, 0.05) is 106 Å². The Kier molecular flexibility index (Phi) is 18.5. The van der Waals surface area contributed by atoms with E-state index in [0.717, 1.165) is 144 Å². The number of benzene rings is 18. The summed E-state index contributed by atoms with van der Waals surface area (Å²) in [6.07, 6.45) is 0. The summed E-state index contributed by atoms with van der Waals surface area (Å²) in [6.45, 7) is 0. The summed E-state index contributed by atoms with van der Waals surface area (Å²) in [5.74, 6) is 3.72. The Labute approximate surface area is 722 Å². The molecule has 6 aromatic heterocycles. The number of aromatic nitrogens is 6. The lowest BCUT2D eigenvalue weighted by molar-refractivity contribution is 0.669. The molecule has 8 nitrogen and oxygen atoms in total. The van der Waals surface area contributed by atoms with Crippen molar-refractivity contribution in [2.75, 3.05) is 0 Å². The van der Waals surface area contributed by atoms with Crippen LogP contribution in [0.5, 0.6) is 0 Å². The van der Waals surface area contributed by atoms with Gasteiger partial charge in [0.2, 0.25) is 0 Å². The first-order valence-electron chi connectivity index (χ1n) is 41.5. The van der Waals surface area contributed by atoms with Crippen molar-refractivity contribution in [3.63, 3.8) is 0 Å². The van der Waals surface area contributed by atoms with E-state index >= 15 is 0 Å². The minimum absolute atomic E-state index is 0.590. The van der Waals surface area contributed by atoms with Gasteiger partial charge >= 0.3 is 0 Å². The van der Waals surface area contributed by atoms with E-state index in [-0.39, 0.29) is 0 Å². The van der Waals surface area contributed by atoms with Crippen molar-refractivity contribution < 1.29 is 8.83 Å². The Morgan fingerprint density at radius 1 is 0.153 bits per heavy atom. The third-order valence-corrected chi connectivity index (χ3v) is 25.9. The summed E-state index contributed by atoms with van der Waals surface area (Å²) in [5, 5.41) is 9.61. The molecular formula is C114H70N6O2S2.